The summed E-state index contributed by atoms with van der Waals surface area (Å²) in [5.41, 5.74) is 1.88. The van der Waals surface area contributed by atoms with Crippen molar-refractivity contribution in [2.45, 2.75) is 19.4 Å². The maximum Gasteiger partial charge on any atom is 0.227 e. The first-order chi connectivity index (χ1) is 14.2. The number of aromatic nitrogens is 3. The van der Waals surface area contributed by atoms with Crippen molar-refractivity contribution in [3.05, 3.63) is 84.3 Å². The number of benzene rings is 2. The van der Waals surface area contributed by atoms with Gasteiger partial charge < -0.3 is 10.1 Å². The number of fused-ring (bicyclic) bond motifs is 1. The zero-order valence-electron chi connectivity index (χ0n) is 16.4. The van der Waals surface area contributed by atoms with Crippen LogP contribution in [-0.2, 0) is 11.3 Å². The van der Waals surface area contributed by atoms with Gasteiger partial charge in [-0.25, -0.2) is 9.67 Å². The van der Waals surface area contributed by atoms with Crippen LogP contribution < -0.4 is 10.1 Å². The molecule has 0 bridgehead atoms. The highest BCUT2D eigenvalue weighted by Crippen LogP contribution is 2.25. The van der Waals surface area contributed by atoms with Crippen molar-refractivity contribution in [1.29, 1.82) is 0 Å². The Kier molecular flexibility index (Phi) is 5.24. The standard InChI is InChI=1S/C23H22N4O2/c1-16(17-6-7-19-14-21(29-2)9-8-18(19)13-17)23(28)25-15-20-5-3-10-24-22(20)27-12-4-11-26-27/h3-14,16H,15H2,1-2H3,(H,25,28)/t16-/m0/s1. The zero-order chi connectivity index (χ0) is 20.2. The van der Waals surface area contributed by atoms with Crippen LogP contribution in [-0.4, -0.2) is 27.8 Å². The van der Waals surface area contributed by atoms with Gasteiger partial charge in [0.25, 0.3) is 0 Å². The number of pyridine rings is 1. The molecule has 4 rings (SSSR count). The van der Waals surface area contributed by atoms with Crippen LogP contribution in [0.25, 0.3) is 16.6 Å². The average Bonchev–Trinajstić information content (AvgIpc) is 3.31. The Morgan fingerprint density at radius 2 is 1.93 bits per heavy atom. The summed E-state index contributed by atoms with van der Waals surface area (Å²) in [6.07, 6.45) is 5.25. The number of rotatable bonds is 6. The number of hydrogen-bond acceptors (Lipinski definition) is 4. The first-order valence-corrected chi connectivity index (χ1v) is 9.45. The molecule has 0 saturated heterocycles. The van der Waals surface area contributed by atoms with Crippen LogP contribution in [0.2, 0.25) is 0 Å². The first-order valence-electron chi connectivity index (χ1n) is 9.45. The molecule has 0 unspecified atom stereocenters. The van der Waals surface area contributed by atoms with Gasteiger partial charge in [0.15, 0.2) is 5.82 Å². The lowest BCUT2D eigenvalue weighted by Crippen LogP contribution is -2.28. The molecule has 0 aliphatic rings. The Labute approximate surface area is 169 Å². The lowest BCUT2D eigenvalue weighted by Gasteiger charge is -2.15. The average molecular weight is 386 g/mol. The normalized spacial score (nSPS) is 11.9. The number of nitrogens with one attached hydrogen (secondary N) is 1. The van der Waals surface area contributed by atoms with Gasteiger partial charge in [0.2, 0.25) is 5.91 Å². The highest BCUT2D eigenvalue weighted by atomic mass is 16.5. The maximum atomic E-state index is 12.8. The molecule has 4 aromatic rings. The number of methoxy groups -OCH3 is 1. The van der Waals surface area contributed by atoms with E-state index in [1.807, 2.05) is 61.7 Å². The van der Waals surface area contributed by atoms with Gasteiger partial charge in [-0.05, 0) is 47.5 Å². The van der Waals surface area contributed by atoms with Gasteiger partial charge in [0.1, 0.15) is 5.75 Å². The van der Waals surface area contributed by atoms with Gasteiger partial charge in [0, 0.05) is 30.7 Å². The molecule has 0 saturated carbocycles. The Morgan fingerprint density at radius 3 is 2.72 bits per heavy atom. The molecule has 1 amide bonds. The summed E-state index contributed by atoms with van der Waals surface area (Å²) in [5, 5.41) is 9.42. The predicted octanol–water partition coefficient (Wildman–Crippen LogP) is 3.85. The van der Waals surface area contributed by atoms with Crippen LogP contribution in [0.5, 0.6) is 5.75 Å². The third-order valence-electron chi connectivity index (χ3n) is 5.01. The molecule has 146 valence electrons. The second-order valence-corrected chi connectivity index (χ2v) is 6.85. The van der Waals surface area contributed by atoms with Crippen LogP contribution >= 0.6 is 0 Å². The van der Waals surface area contributed by atoms with Crippen molar-refractivity contribution in [1.82, 2.24) is 20.1 Å². The molecule has 0 aliphatic heterocycles. The van der Waals surface area contributed by atoms with Crippen LogP contribution in [0, 0.1) is 0 Å². The summed E-state index contributed by atoms with van der Waals surface area (Å²) in [5.74, 6) is 1.23. The molecule has 0 spiro atoms. The van der Waals surface area contributed by atoms with Crippen molar-refractivity contribution < 1.29 is 9.53 Å². The molecule has 6 heteroatoms. The van der Waals surface area contributed by atoms with Crippen molar-refractivity contribution in [3.8, 4) is 11.6 Å². The molecular weight excluding hydrogens is 364 g/mol. The van der Waals surface area contributed by atoms with Crippen LogP contribution in [0.4, 0.5) is 0 Å². The molecule has 1 atom stereocenters. The fourth-order valence-corrected chi connectivity index (χ4v) is 3.29. The molecule has 0 fully saturated rings. The Hall–Kier alpha value is -3.67. The lowest BCUT2D eigenvalue weighted by molar-refractivity contribution is -0.122. The number of carbonyl (C=O) groups excluding carboxylic acids is 1. The Morgan fingerprint density at radius 1 is 1.10 bits per heavy atom. The summed E-state index contributed by atoms with van der Waals surface area (Å²) in [4.78, 5) is 17.2. The van der Waals surface area contributed by atoms with E-state index in [9.17, 15) is 4.79 Å². The van der Waals surface area contributed by atoms with E-state index in [1.165, 1.54) is 0 Å². The van der Waals surface area contributed by atoms with E-state index in [1.54, 1.807) is 24.2 Å². The summed E-state index contributed by atoms with van der Waals surface area (Å²) in [7, 11) is 1.65. The van der Waals surface area contributed by atoms with E-state index in [4.69, 9.17) is 4.74 Å². The highest BCUT2D eigenvalue weighted by Gasteiger charge is 2.16. The first kappa shape index (κ1) is 18.7. The quantitative estimate of drug-likeness (QED) is 0.546. The number of carbonyl (C=O) groups is 1. The lowest BCUT2D eigenvalue weighted by atomic mass is 9.97. The van der Waals surface area contributed by atoms with E-state index in [2.05, 4.69) is 21.5 Å². The molecule has 2 heterocycles. The van der Waals surface area contributed by atoms with Gasteiger partial charge in [-0.15, -0.1) is 0 Å². The largest absolute Gasteiger partial charge is 0.497 e. The second-order valence-electron chi connectivity index (χ2n) is 6.85. The topological polar surface area (TPSA) is 69.0 Å². The fraction of sp³-hybridized carbons (Fsp3) is 0.174. The Balaban J connectivity index is 1.49. The van der Waals surface area contributed by atoms with Crippen LogP contribution in [0.15, 0.2) is 73.2 Å². The number of ether oxygens (including phenoxy) is 1. The molecule has 0 aliphatic carbocycles. The number of hydrogen-bond donors (Lipinski definition) is 1. The van der Waals surface area contributed by atoms with E-state index < -0.39 is 0 Å². The van der Waals surface area contributed by atoms with E-state index in [0.717, 1.165) is 27.6 Å². The van der Waals surface area contributed by atoms with Gasteiger partial charge in [-0.3, -0.25) is 4.79 Å². The molecule has 2 aromatic carbocycles. The van der Waals surface area contributed by atoms with Crippen molar-refractivity contribution in [2.75, 3.05) is 7.11 Å². The highest BCUT2D eigenvalue weighted by molar-refractivity contribution is 5.88. The van der Waals surface area contributed by atoms with E-state index in [0.29, 0.717) is 12.4 Å². The summed E-state index contributed by atoms with van der Waals surface area (Å²) >= 11 is 0. The summed E-state index contributed by atoms with van der Waals surface area (Å²) in [6, 6.07) is 17.6. The summed E-state index contributed by atoms with van der Waals surface area (Å²) < 4.78 is 6.97. The van der Waals surface area contributed by atoms with Crippen molar-refractivity contribution in [3.63, 3.8) is 0 Å². The minimum absolute atomic E-state index is 0.0341. The Bertz CT molecular complexity index is 1140. The minimum Gasteiger partial charge on any atom is -0.497 e. The van der Waals surface area contributed by atoms with Crippen molar-refractivity contribution in [2.24, 2.45) is 0 Å². The van der Waals surface area contributed by atoms with Crippen LogP contribution in [0.3, 0.4) is 0 Å². The molecule has 1 N–H and O–H groups in total. The third-order valence-corrected chi connectivity index (χ3v) is 5.01. The van der Waals surface area contributed by atoms with Gasteiger partial charge in [-0.1, -0.05) is 30.3 Å². The SMILES string of the molecule is COc1ccc2cc([C@H](C)C(=O)NCc3cccnc3-n3cccn3)ccc2c1. The zero-order valence-corrected chi connectivity index (χ0v) is 16.4. The van der Waals surface area contributed by atoms with Gasteiger partial charge in [0.05, 0.1) is 13.0 Å². The third kappa shape index (κ3) is 3.96. The monoisotopic (exact) mass is 386 g/mol. The van der Waals surface area contributed by atoms with E-state index >= 15 is 0 Å². The number of nitrogens with zero attached hydrogens (tertiary/aromatic N) is 3. The minimum atomic E-state index is -0.272. The van der Waals surface area contributed by atoms with Crippen molar-refractivity contribution >= 4 is 16.7 Å². The molecule has 6 nitrogen and oxygen atoms in total. The molecule has 29 heavy (non-hydrogen) atoms. The second kappa shape index (κ2) is 8.14. The smallest absolute Gasteiger partial charge is 0.227 e. The van der Waals surface area contributed by atoms with Crippen LogP contribution in [0.1, 0.15) is 24.0 Å². The van der Waals surface area contributed by atoms with Gasteiger partial charge >= 0.3 is 0 Å². The maximum absolute atomic E-state index is 12.8. The predicted molar refractivity (Wildman–Crippen MR) is 112 cm³/mol. The molecule has 0 radical (unpaired) electrons. The van der Waals surface area contributed by atoms with Gasteiger partial charge in [-0.2, -0.15) is 5.10 Å². The summed E-state index contributed by atoms with van der Waals surface area (Å²) in [6.45, 7) is 2.30. The molecule has 2 aromatic heterocycles. The fourth-order valence-electron chi connectivity index (χ4n) is 3.29. The number of amides is 1. The van der Waals surface area contributed by atoms with E-state index in [-0.39, 0.29) is 11.8 Å². The molecular formula is C23H22N4O2.